The van der Waals surface area contributed by atoms with E-state index in [1.807, 2.05) is 0 Å². The minimum absolute atomic E-state index is 0.0620. The third kappa shape index (κ3) is 3.76. The quantitative estimate of drug-likeness (QED) is 0.416. The second kappa shape index (κ2) is 7.86. The Kier molecular flexibility index (Phi) is 6.33. The summed E-state index contributed by atoms with van der Waals surface area (Å²) < 4.78 is 0.0620. The van der Waals surface area contributed by atoms with Gasteiger partial charge in [0.25, 0.3) is 0 Å². The van der Waals surface area contributed by atoms with Crippen LogP contribution >= 0.6 is 31.9 Å². The topological polar surface area (TPSA) is 18.5 Å². The molecular weight excluding hydrogens is 405 g/mol. The first-order chi connectivity index (χ1) is 10.6. The molecule has 0 spiro atoms. The Morgan fingerprint density at radius 1 is 1.00 bits per heavy atom. The van der Waals surface area contributed by atoms with Gasteiger partial charge in [0.1, 0.15) is 0 Å². The van der Waals surface area contributed by atoms with Gasteiger partial charge in [-0.15, -0.1) is 0 Å². The molecule has 3 saturated heterocycles. The summed E-state index contributed by atoms with van der Waals surface area (Å²) in [6.07, 6.45) is 10.8. The van der Waals surface area contributed by atoms with Gasteiger partial charge in [0.05, 0.1) is 4.45 Å². The molecule has 0 bridgehead atoms. The van der Waals surface area contributed by atoms with E-state index in [0.29, 0.717) is 17.8 Å². The summed E-state index contributed by atoms with van der Waals surface area (Å²) in [5.74, 6) is 0.626. The first-order valence-corrected chi connectivity index (χ1v) is 10.9. The van der Waals surface area contributed by atoms with Gasteiger partial charge in [0, 0.05) is 10.8 Å². The monoisotopic (exact) mass is 433 g/mol. The van der Waals surface area contributed by atoms with E-state index in [0.717, 1.165) is 0 Å². The maximum atomic E-state index is 4.08. The van der Waals surface area contributed by atoms with Crippen molar-refractivity contribution >= 4 is 38.8 Å². The summed E-state index contributed by atoms with van der Waals surface area (Å²) in [5.41, 5.74) is 0. The van der Waals surface area contributed by atoms with Gasteiger partial charge in [-0.05, 0) is 71.6 Å². The SMILES string of the molecule is CC1(Br)C(Br)CCCN1B(C1CCCCN1)N1CCCCC1. The van der Waals surface area contributed by atoms with E-state index in [1.54, 1.807) is 0 Å². The number of nitrogens with zero attached hydrogens (tertiary/aromatic N) is 2. The van der Waals surface area contributed by atoms with Crippen molar-refractivity contribution in [3.63, 3.8) is 0 Å². The molecule has 0 amide bonds. The van der Waals surface area contributed by atoms with Crippen molar-refractivity contribution in [2.75, 3.05) is 26.2 Å². The van der Waals surface area contributed by atoms with Crippen LogP contribution in [0, 0.1) is 0 Å². The van der Waals surface area contributed by atoms with E-state index < -0.39 is 0 Å². The second-order valence-electron chi connectivity index (χ2n) is 7.39. The Bertz CT molecular complexity index is 339. The molecule has 22 heavy (non-hydrogen) atoms. The van der Waals surface area contributed by atoms with Gasteiger partial charge in [-0.3, -0.25) is 0 Å². The van der Waals surface area contributed by atoms with Gasteiger partial charge >= 0.3 is 6.98 Å². The molecule has 0 aromatic carbocycles. The Balaban J connectivity index is 1.82. The summed E-state index contributed by atoms with van der Waals surface area (Å²) in [4.78, 5) is 6.06. The number of nitrogens with one attached hydrogen (secondary N) is 1. The van der Waals surface area contributed by atoms with Crippen LogP contribution in [0.3, 0.4) is 0 Å². The molecule has 3 heterocycles. The van der Waals surface area contributed by atoms with E-state index in [-0.39, 0.29) is 4.45 Å². The molecule has 3 rings (SSSR count). The van der Waals surface area contributed by atoms with Crippen LogP contribution in [0.4, 0.5) is 0 Å². The van der Waals surface area contributed by atoms with Gasteiger partial charge in [-0.1, -0.05) is 44.7 Å². The summed E-state index contributed by atoms with van der Waals surface area (Å²) in [5, 5.41) is 3.85. The number of hydrogen-bond donors (Lipinski definition) is 1. The molecule has 3 aliphatic heterocycles. The van der Waals surface area contributed by atoms with Gasteiger partial charge in [-0.25, -0.2) is 0 Å². The zero-order valence-corrected chi connectivity index (χ0v) is 17.0. The van der Waals surface area contributed by atoms with Crippen LogP contribution in [0.25, 0.3) is 0 Å². The van der Waals surface area contributed by atoms with E-state index in [1.165, 1.54) is 77.5 Å². The van der Waals surface area contributed by atoms with Gasteiger partial charge in [-0.2, -0.15) is 0 Å². The van der Waals surface area contributed by atoms with Crippen LogP contribution in [0.2, 0.25) is 0 Å². The predicted molar refractivity (Wildman–Crippen MR) is 103 cm³/mol. The lowest BCUT2D eigenvalue weighted by Gasteiger charge is -2.53. The van der Waals surface area contributed by atoms with Crippen molar-refractivity contribution < 1.29 is 0 Å². The Labute approximate surface area is 153 Å². The zero-order chi connectivity index (χ0) is 15.6. The highest BCUT2D eigenvalue weighted by Gasteiger charge is 2.49. The molecule has 3 aliphatic rings. The first-order valence-electron chi connectivity index (χ1n) is 9.18. The summed E-state index contributed by atoms with van der Waals surface area (Å²) in [6, 6.07) is 0. The van der Waals surface area contributed by atoms with Crippen LogP contribution < -0.4 is 5.32 Å². The van der Waals surface area contributed by atoms with Crippen LogP contribution in [-0.4, -0.2) is 58.0 Å². The highest BCUT2D eigenvalue weighted by Crippen LogP contribution is 2.40. The summed E-state index contributed by atoms with van der Waals surface area (Å²) in [7, 11) is 0. The number of halogens is 2. The maximum absolute atomic E-state index is 4.08. The zero-order valence-electron chi connectivity index (χ0n) is 13.9. The Morgan fingerprint density at radius 2 is 1.77 bits per heavy atom. The number of piperidine rings is 3. The highest BCUT2D eigenvalue weighted by atomic mass is 79.9. The molecule has 0 aromatic rings. The van der Waals surface area contributed by atoms with Crippen molar-refractivity contribution in [3.05, 3.63) is 0 Å². The average molecular weight is 435 g/mol. The lowest BCUT2D eigenvalue weighted by atomic mass is 9.58. The van der Waals surface area contributed by atoms with Crippen molar-refractivity contribution in [1.82, 2.24) is 14.9 Å². The number of alkyl halides is 2. The average Bonchev–Trinajstić information content (AvgIpc) is 2.54. The van der Waals surface area contributed by atoms with E-state index >= 15 is 0 Å². The van der Waals surface area contributed by atoms with Crippen LogP contribution in [0.15, 0.2) is 0 Å². The Hall–Kier alpha value is 0.905. The van der Waals surface area contributed by atoms with Crippen LogP contribution in [0.1, 0.15) is 58.3 Å². The third-order valence-corrected chi connectivity index (χ3v) is 8.75. The highest BCUT2D eigenvalue weighted by molar-refractivity contribution is 9.12. The fourth-order valence-corrected chi connectivity index (χ4v) is 5.68. The predicted octanol–water partition coefficient (Wildman–Crippen LogP) is 3.61. The van der Waals surface area contributed by atoms with Crippen molar-refractivity contribution in [1.29, 1.82) is 0 Å². The van der Waals surface area contributed by atoms with Crippen molar-refractivity contribution in [2.24, 2.45) is 0 Å². The first kappa shape index (κ1) is 17.7. The lowest BCUT2D eigenvalue weighted by Crippen LogP contribution is -2.71. The molecule has 6 heteroatoms. The lowest BCUT2D eigenvalue weighted by molar-refractivity contribution is 0.205. The number of hydrogen-bond acceptors (Lipinski definition) is 3. The molecule has 0 saturated carbocycles. The van der Waals surface area contributed by atoms with Gasteiger partial charge < -0.3 is 14.9 Å². The molecule has 0 radical (unpaired) electrons. The van der Waals surface area contributed by atoms with E-state index in [9.17, 15) is 0 Å². The largest absolute Gasteiger partial charge is 0.329 e. The van der Waals surface area contributed by atoms with Crippen molar-refractivity contribution in [3.8, 4) is 0 Å². The van der Waals surface area contributed by atoms with Crippen LogP contribution in [-0.2, 0) is 0 Å². The minimum atomic E-state index is 0.0620. The minimum Gasteiger partial charge on any atom is -0.327 e. The normalized spacial score (nSPS) is 38.9. The molecule has 3 unspecified atom stereocenters. The van der Waals surface area contributed by atoms with Gasteiger partial charge in [0.2, 0.25) is 0 Å². The van der Waals surface area contributed by atoms with Crippen molar-refractivity contribution in [2.45, 2.75) is 73.5 Å². The number of rotatable bonds is 3. The molecule has 1 N–H and O–H groups in total. The molecular formula is C16H30BBr2N3. The fraction of sp³-hybridized carbons (Fsp3) is 1.00. The standard InChI is InChI=1S/C16H30BBr2N3/c1-16(19)14(18)8-7-13-22(16)17(15-9-3-4-10-20-15)21-11-5-2-6-12-21/h14-15,20H,2-13H2,1H3. The molecule has 3 atom stereocenters. The Morgan fingerprint density at radius 3 is 2.45 bits per heavy atom. The smallest absolute Gasteiger partial charge is 0.327 e. The van der Waals surface area contributed by atoms with E-state index in [2.05, 4.69) is 53.7 Å². The molecule has 3 fully saturated rings. The fourth-order valence-electron chi connectivity index (χ4n) is 4.48. The molecule has 126 valence electrons. The summed E-state index contributed by atoms with van der Waals surface area (Å²) >= 11 is 8.02. The van der Waals surface area contributed by atoms with Crippen LogP contribution in [0.5, 0.6) is 0 Å². The maximum Gasteiger partial charge on any atom is 0.329 e. The molecule has 3 nitrogen and oxygen atoms in total. The molecule has 0 aliphatic carbocycles. The van der Waals surface area contributed by atoms with E-state index in [4.69, 9.17) is 0 Å². The molecule has 0 aromatic heterocycles. The van der Waals surface area contributed by atoms with Gasteiger partial charge in [0.15, 0.2) is 0 Å². The third-order valence-electron chi connectivity index (χ3n) is 5.78. The second-order valence-corrected chi connectivity index (χ2v) is 10.1. The summed E-state index contributed by atoms with van der Waals surface area (Å²) in [6.45, 7) is 7.86.